The maximum Gasteiger partial charge on any atom is 0.311 e. The summed E-state index contributed by atoms with van der Waals surface area (Å²) in [6, 6.07) is 0. The number of carbonyl (C=O) groups excluding carboxylic acids is 1. The van der Waals surface area contributed by atoms with E-state index in [4.69, 9.17) is 4.74 Å². The third-order valence-corrected chi connectivity index (χ3v) is 5.58. The summed E-state index contributed by atoms with van der Waals surface area (Å²) in [7, 11) is 1.43. The quantitative estimate of drug-likeness (QED) is 0.732. The highest BCUT2D eigenvalue weighted by Crippen LogP contribution is 2.59. The molecule has 104 valence electrons. The van der Waals surface area contributed by atoms with Crippen molar-refractivity contribution in [1.29, 1.82) is 0 Å². The van der Waals surface area contributed by atoms with Crippen LogP contribution < -0.4 is 0 Å². The van der Waals surface area contributed by atoms with Gasteiger partial charge in [0.05, 0.1) is 19.1 Å². The molecule has 0 radical (unpaired) electrons. The molecule has 0 bridgehead atoms. The van der Waals surface area contributed by atoms with Crippen molar-refractivity contribution in [3.63, 3.8) is 0 Å². The molecule has 2 aliphatic carbocycles. The second-order valence-corrected chi connectivity index (χ2v) is 7.05. The molecule has 1 N–H and O–H groups in total. The minimum absolute atomic E-state index is 0.105. The molecule has 0 heterocycles. The van der Waals surface area contributed by atoms with E-state index in [1.807, 2.05) is 0 Å². The van der Waals surface area contributed by atoms with Gasteiger partial charge in [0.1, 0.15) is 0 Å². The number of methoxy groups -OCH3 is 1. The monoisotopic (exact) mass is 254 g/mol. The molecule has 3 nitrogen and oxygen atoms in total. The molecule has 2 saturated carbocycles. The highest BCUT2D eigenvalue weighted by atomic mass is 16.5. The zero-order valence-electron chi connectivity index (χ0n) is 12.0. The second-order valence-electron chi connectivity index (χ2n) is 7.05. The molecular formula is C15H26O3. The molecule has 18 heavy (non-hydrogen) atoms. The van der Waals surface area contributed by atoms with Gasteiger partial charge in [0, 0.05) is 0 Å². The summed E-state index contributed by atoms with van der Waals surface area (Å²) in [6.07, 6.45) is 4.60. The second kappa shape index (κ2) is 4.52. The molecular weight excluding hydrogens is 228 g/mol. The molecule has 0 amide bonds. The van der Waals surface area contributed by atoms with Crippen LogP contribution in [-0.2, 0) is 9.53 Å². The Hall–Kier alpha value is -0.570. The third-order valence-electron chi connectivity index (χ3n) is 5.58. The van der Waals surface area contributed by atoms with Gasteiger partial charge in [0.2, 0.25) is 0 Å². The fourth-order valence-electron chi connectivity index (χ4n) is 4.76. The van der Waals surface area contributed by atoms with E-state index in [0.717, 1.165) is 25.7 Å². The van der Waals surface area contributed by atoms with Crippen LogP contribution in [0.2, 0.25) is 0 Å². The highest BCUT2D eigenvalue weighted by Gasteiger charge is 2.57. The molecule has 3 heteroatoms. The Labute approximate surface area is 110 Å². The summed E-state index contributed by atoms with van der Waals surface area (Å²) in [5.74, 6) is -0.0699. The maximum absolute atomic E-state index is 12.1. The number of esters is 1. The zero-order chi connectivity index (χ0) is 13.6. The van der Waals surface area contributed by atoms with Crippen LogP contribution in [0, 0.1) is 22.7 Å². The number of hydrogen-bond donors (Lipinski definition) is 1. The Balaban J connectivity index is 2.37. The number of aliphatic hydroxyl groups is 1. The van der Waals surface area contributed by atoms with Gasteiger partial charge in [-0.1, -0.05) is 27.2 Å². The van der Waals surface area contributed by atoms with Gasteiger partial charge >= 0.3 is 5.97 Å². The number of carbonyl (C=O) groups is 1. The molecule has 0 unspecified atom stereocenters. The van der Waals surface area contributed by atoms with E-state index in [1.165, 1.54) is 13.5 Å². The van der Waals surface area contributed by atoms with E-state index in [-0.39, 0.29) is 22.7 Å². The Morgan fingerprint density at radius 3 is 2.50 bits per heavy atom. The summed E-state index contributed by atoms with van der Waals surface area (Å²) < 4.78 is 4.94. The number of hydrogen-bond acceptors (Lipinski definition) is 3. The van der Waals surface area contributed by atoms with Crippen LogP contribution in [-0.4, -0.2) is 24.3 Å². The Bertz CT molecular complexity index is 337. The predicted octanol–water partition coefficient (Wildman–Crippen LogP) is 2.76. The average Bonchev–Trinajstić information content (AvgIpc) is 2.26. The van der Waals surface area contributed by atoms with Crippen molar-refractivity contribution in [3.05, 3.63) is 0 Å². The summed E-state index contributed by atoms with van der Waals surface area (Å²) in [6.45, 7) is 6.80. The van der Waals surface area contributed by atoms with Crippen LogP contribution >= 0.6 is 0 Å². The van der Waals surface area contributed by atoms with Gasteiger partial charge in [-0.2, -0.15) is 0 Å². The smallest absolute Gasteiger partial charge is 0.311 e. The maximum atomic E-state index is 12.1. The first-order valence-corrected chi connectivity index (χ1v) is 7.09. The lowest BCUT2D eigenvalue weighted by molar-refractivity contribution is -0.175. The molecule has 0 saturated heterocycles. The van der Waals surface area contributed by atoms with Crippen LogP contribution in [0.1, 0.15) is 52.9 Å². The van der Waals surface area contributed by atoms with Crippen molar-refractivity contribution in [2.45, 2.75) is 59.0 Å². The van der Waals surface area contributed by atoms with Crippen LogP contribution in [0.5, 0.6) is 0 Å². The molecule has 0 aromatic rings. The minimum Gasteiger partial charge on any atom is -0.469 e. The van der Waals surface area contributed by atoms with E-state index in [0.29, 0.717) is 5.92 Å². The van der Waals surface area contributed by atoms with E-state index in [2.05, 4.69) is 20.8 Å². The fourth-order valence-corrected chi connectivity index (χ4v) is 4.76. The lowest BCUT2D eigenvalue weighted by Gasteiger charge is -2.57. The number of ether oxygens (including phenoxy) is 1. The summed E-state index contributed by atoms with van der Waals surface area (Å²) in [4.78, 5) is 12.1. The molecule has 0 aromatic carbocycles. The van der Waals surface area contributed by atoms with Gasteiger partial charge in [-0.3, -0.25) is 4.79 Å². The van der Waals surface area contributed by atoms with Crippen LogP contribution in [0.3, 0.4) is 0 Å². The van der Waals surface area contributed by atoms with Crippen LogP contribution in [0.25, 0.3) is 0 Å². The largest absolute Gasteiger partial charge is 0.469 e. The van der Waals surface area contributed by atoms with Crippen molar-refractivity contribution in [2.24, 2.45) is 22.7 Å². The molecule has 2 aliphatic rings. The molecule has 2 rings (SSSR count). The Kier molecular flexibility index (Phi) is 3.48. The van der Waals surface area contributed by atoms with Crippen molar-refractivity contribution in [3.8, 4) is 0 Å². The van der Waals surface area contributed by atoms with Gasteiger partial charge in [0.15, 0.2) is 0 Å². The van der Waals surface area contributed by atoms with Crippen molar-refractivity contribution in [1.82, 2.24) is 0 Å². The standard InChI is InChI=1S/C15H26O3/c1-14(2)8-5-9-15(3)11(14)7-6-10(16)12(15)13(17)18-4/h10-12,16H,5-9H2,1-4H3/t10-,11+,12+,15+/m1/s1. The van der Waals surface area contributed by atoms with Crippen molar-refractivity contribution >= 4 is 5.97 Å². The first kappa shape index (κ1) is 13.9. The lowest BCUT2D eigenvalue weighted by atomic mass is 9.48. The minimum atomic E-state index is -0.535. The molecule has 0 aromatic heterocycles. The van der Waals surface area contributed by atoms with Crippen molar-refractivity contribution in [2.75, 3.05) is 7.11 Å². The normalized spacial score (nSPS) is 43.1. The first-order valence-electron chi connectivity index (χ1n) is 7.09. The van der Waals surface area contributed by atoms with Gasteiger partial charge in [-0.15, -0.1) is 0 Å². The number of rotatable bonds is 1. The van der Waals surface area contributed by atoms with E-state index >= 15 is 0 Å². The summed E-state index contributed by atoms with van der Waals surface area (Å²) >= 11 is 0. The fraction of sp³-hybridized carbons (Fsp3) is 0.933. The van der Waals surface area contributed by atoms with Gasteiger partial charge in [0.25, 0.3) is 0 Å². The Morgan fingerprint density at radius 1 is 1.22 bits per heavy atom. The molecule has 4 atom stereocenters. The van der Waals surface area contributed by atoms with Crippen LogP contribution in [0.15, 0.2) is 0 Å². The summed E-state index contributed by atoms with van der Waals surface area (Å²) in [5.41, 5.74) is 0.159. The van der Waals surface area contributed by atoms with Gasteiger partial charge < -0.3 is 9.84 Å². The number of aliphatic hydroxyl groups excluding tert-OH is 1. The van der Waals surface area contributed by atoms with E-state index < -0.39 is 6.10 Å². The zero-order valence-corrected chi connectivity index (χ0v) is 12.0. The lowest BCUT2D eigenvalue weighted by Crippen LogP contribution is -2.55. The molecule has 0 spiro atoms. The van der Waals surface area contributed by atoms with E-state index in [1.54, 1.807) is 0 Å². The SMILES string of the molecule is COC(=O)[C@@H]1[C@H](O)CC[C@H]2C(C)(C)CCC[C@]12C. The molecule has 0 aliphatic heterocycles. The van der Waals surface area contributed by atoms with Crippen LogP contribution in [0.4, 0.5) is 0 Å². The van der Waals surface area contributed by atoms with E-state index in [9.17, 15) is 9.90 Å². The average molecular weight is 254 g/mol. The topological polar surface area (TPSA) is 46.5 Å². The number of fused-ring (bicyclic) bond motifs is 1. The van der Waals surface area contributed by atoms with Gasteiger partial charge in [-0.05, 0) is 42.4 Å². The Morgan fingerprint density at radius 2 is 1.89 bits per heavy atom. The summed E-state index contributed by atoms with van der Waals surface area (Å²) in [5, 5.41) is 10.2. The highest BCUT2D eigenvalue weighted by molar-refractivity contribution is 5.74. The van der Waals surface area contributed by atoms with Gasteiger partial charge in [-0.25, -0.2) is 0 Å². The predicted molar refractivity (Wildman–Crippen MR) is 70.0 cm³/mol. The molecule has 2 fully saturated rings. The van der Waals surface area contributed by atoms with Crippen molar-refractivity contribution < 1.29 is 14.6 Å². The first-order chi connectivity index (χ1) is 8.33. The third kappa shape index (κ3) is 1.97.